The molecular formula is C12H12ClF3N2O2. The van der Waals surface area contributed by atoms with Crippen LogP contribution in [0.3, 0.4) is 0 Å². The largest absolute Gasteiger partial charge is 0.444 e. The summed E-state index contributed by atoms with van der Waals surface area (Å²) in [5, 5.41) is 0.0135. The Kier molecular flexibility index (Phi) is 3.99. The molecule has 1 aliphatic heterocycles. The third kappa shape index (κ3) is 3.27. The molecule has 8 heteroatoms. The first kappa shape index (κ1) is 14.8. The maximum atomic E-state index is 12.5. The van der Waals surface area contributed by atoms with Crippen molar-refractivity contribution < 1.29 is 22.7 Å². The maximum Gasteiger partial charge on any atom is 0.416 e. The highest BCUT2D eigenvalue weighted by atomic mass is 35.5. The molecule has 1 amide bonds. The fourth-order valence-electron chi connectivity index (χ4n) is 2.15. The van der Waals surface area contributed by atoms with E-state index in [4.69, 9.17) is 22.1 Å². The number of primary amides is 1. The Bertz CT molecular complexity index is 522. The van der Waals surface area contributed by atoms with E-state index in [1.54, 1.807) is 4.90 Å². The second kappa shape index (κ2) is 5.40. The van der Waals surface area contributed by atoms with Gasteiger partial charge in [0.25, 0.3) is 0 Å². The molecule has 0 radical (unpaired) electrons. The van der Waals surface area contributed by atoms with Gasteiger partial charge in [-0.05, 0) is 18.2 Å². The fraction of sp³-hybridized carbons (Fsp3) is 0.417. The van der Waals surface area contributed by atoms with Crippen molar-refractivity contribution in [3.05, 3.63) is 28.8 Å². The molecule has 0 spiro atoms. The first-order valence-corrected chi connectivity index (χ1v) is 6.23. The van der Waals surface area contributed by atoms with Gasteiger partial charge in [0.1, 0.15) is 6.10 Å². The van der Waals surface area contributed by atoms with Crippen LogP contribution >= 0.6 is 11.6 Å². The van der Waals surface area contributed by atoms with Crippen molar-refractivity contribution in [1.82, 2.24) is 0 Å². The first-order chi connectivity index (χ1) is 9.27. The number of hydrogen-bond acceptors (Lipinski definition) is 3. The molecule has 2 N–H and O–H groups in total. The average Bonchev–Trinajstić information content (AvgIpc) is 2.75. The van der Waals surface area contributed by atoms with E-state index < -0.39 is 17.8 Å². The molecule has 0 aromatic heterocycles. The molecule has 1 aliphatic rings. The molecule has 2 rings (SSSR count). The monoisotopic (exact) mass is 308 g/mol. The zero-order chi connectivity index (χ0) is 14.9. The number of anilines is 1. The third-order valence-corrected chi connectivity index (χ3v) is 3.35. The van der Waals surface area contributed by atoms with E-state index in [2.05, 4.69) is 0 Å². The first-order valence-electron chi connectivity index (χ1n) is 5.85. The topological polar surface area (TPSA) is 55.6 Å². The SMILES string of the molecule is NC(=O)O[C@@H]1CCN(c2ccc(C(F)(F)F)cc2Cl)C1. The van der Waals surface area contributed by atoms with E-state index in [1.807, 2.05) is 0 Å². The number of nitrogens with two attached hydrogens (primary N) is 1. The molecule has 0 aliphatic carbocycles. The van der Waals surface area contributed by atoms with E-state index in [0.29, 0.717) is 25.2 Å². The van der Waals surface area contributed by atoms with Crippen LogP contribution in [0.1, 0.15) is 12.0 Å². The maximum absolute atomic E-state index is 12.5. The lowest BCUT2D eigenvalue weighted by atomic mass is 10.2. The predicted octanol–water partition coefficient (Wildman–Crippen LogP) is 3.03. The normalized spacial score (nSPS) is 19.2. The van der Waals surface area contributed by atoms with Gasteiger partial charge in [0.2, 0.25) is 0 Å². The highest BCUT2D eigenvalue weighted by Gasteiger charge is 2.32. The second-order valence-corrected chi connectivity index (χ2v) is 4.86. The van der Waals surface area contributed by atoms with E-state index in [0.717, 1.165) is 12.1 Å². The highest BCUT2D eigenvalue weighted by Crippen LogP contribution is 2.36. The number of ether oxygens (including phenoxy) is 1. The van der Waals surface area contributed by atoms with Crippen molar-refractivity contribution in [3.8, 4) is 0 Å². The summed E-state index contributed by atoms with van der Waals surface area (Å²) in [5.74, 6) is 0. The van der Waals surface area contributed by atoms with Crippen LogP contribution < -0.4 is 10.6 Å². The summed E-state index contributed by atoms with van der Waals surface area (Å²) in [6, 6.07) is 3.18. The van der Waals surface area contributed by atoms with Gasteiger partial charge in [-0.1, -0.05) is 11.6 Å². The number of benzene rings is 1. The lowest BCUT2D eigenvalue weighted by Gasteiger charge is -2.20. The van der Waals surface area contributed by atoms with Gasteiger partial charge in [0.05, 0.1) is 22.8 Å². The van der Waals surface area contributed by atoms with Crippen molar-refractivity contribution in [1.29, 1.82) is 0 Å². The van der Waals surface area contributed by atoms with Gasteiger partial charge < -0.3 is 15.4 Å². The quantitative estimate of drug-likeness (QED) is 0.913. The Morgan fingerprint density at radius 3 is 2.70 bits per heavy atom. The summed E-state index contributed by atoms with van der Waals surface area (Å²) in [7, 11) is 0. The van der Waals surface area contributed by atoms with E-state index in [1.165, 1.54) is 6.07 Å². The van der Waals surface area contributed by atoms with Crippen LogP contribution in [0.4, 0.5) is 23.7 Å². The summed E-state index contributed by atoms with van der Waals surface area (Å²) in [5.41, 5.74) is 4.61. The van der Waals surface area contributed by atoms with Gasteiger partial charge in [-0.25, -0.2) is 4.79 Å². The van der Waals surface area contributed by atoms with Crippen molar-refractivity contribution >= 4 is 23.4 Å². The number of amides is 1. The number of carbonyl (C=O) groups excluding carboxylic acids is 1. The summed E-state index contributed by atoms with van der Waals surface area (Å²) in [4.78, 5) is 12.4. The van der Waals surface area contributed by atoms with E-state index in [9.17, 15) is 18.0 Å². The van der Waals surface area contributed by atoms with Gasteiger partial charge in [-0.3, -0.25) is 0 Å². The number of rotatable bonds is 2. The second-order valence-electron chi connectivity index (χ2n) is 4.46. The molecule has 1 saturated heterocycles. The van der Waals surface area contributed by atoms with Crippen LogP contribution in [0.15, 0.2) is 18.2 Å². The summed E-state index contributed by atoms with van der Waals surface area (Å²) < 4.78 is 42.5. The molecule has 0 bridgehead atoms. The van der Waals surface area contributed by atoms with Gasteiger partial charge in [-0.2, -0.15) is 13.2 Å². The Balaban J connectivity index is 2.13. The Hall–Kier alpha value is -1.63. The van der Waals surface area contributed by atoms with Crippen LogP contribution in [0.5, 0.6) is 0 Å². The lowest BCUT2D eigenvalue weighted by Crippen LogP contribution is -2.27. The molecule has 1 aromatic rings. The molecule has 110 valence electrons. The Morgan fingerprint density at radius 2 is 2.15 bits per heavy atom. The third-order valence-electron chi connectivity index (χ3n) is 3.04. The summed E-state index contributed by atoms with van der Waals surface area (Å²) >= 11 is 5.89. The van der Waals surface area contributed by atoms with Gasteiger partial charge in [0.15, 0.2) is 0 Å². The molecular weight excluding hydrogens is 297 g/mol. The predicted molar refractivity (Wildman–Crippen MR) is 67.7 cm³/mol. The van der Waals surface area contributed by atoms with Gasteiger partial charge in [0, 0.05) is 13.0 Å². The zero-order valence-corrected chi connectivity index (χ0v) is 11.0. The van der Waals surface area contributed by atoms with E-state index in [-0.39, 0.29) is 11.1 Å². The number of halogens is 4. The zero-order valence-electron chi connectivity index (χ0n) is 10.3. The highest BCUT2D eigenvalue weighted by molar-refractivity contribution is 6.33. The minimum atomic E-state index is -4.43. The standard InChI is InChI=1S/C12H12ClF3N2O2/c13-9-5-7(12(14,15)16)1-2-10(9)18-4-3-8(6-18)20-11(17)19/h1-2,5,8H,3-4,6H2,(H2,17,19)/t8-/m1/s1. The fourth-order valence-corrected chi connectivity index (χ4v) is 2.45. The summed E-state index contributed by atoms with van der Waals surface area (Å²) in [6.45, 7) is 0.886. The van der Waals surface area contributed by atoms with Crippen LogP contribution in [0, 0.1) is 0 Å². The van der Waals surface area contributed by atoms with Crippen LogP contribution in [-0.4, -0.2) is 25.3 Å². The smallest absolute Gasteiger partial charge is 0.416 e. The van der Waals surface area contributed by atoms with E-state index >= 15 is 0 Å². The van der Waals surface area contributed by atoms with Crippen LogP contribution in [-0.2, 0) is 10.9 Å². The minimum absolute atomic E-state index is 0.0135. The molecule has 1 atom stereocenters. The minimum Gasteiger partial charge on any atom is -0.444 e. The number of alkyl halides is 3. The molecule has 0 saturated carbocycles. The molecule has 1 heterocycles. The molecule has 1 aromatic carbocycles. The molecule has 4 nitrogen and oxygen atoms in total. The Morgan fingerprint density at radius 1 is 1.45 bits per heavy atom. The number of hydrogen-bond donors (Lipinski definition) is 1. The number of nitrogens with zero attached hydrogens (tertiary/aromatic N) is 1. The van der Waals surface area contributed by atoms with Crippen molar-refractivity contribution in [2.24, 2.45) is 5.73 Å². The summed E-state index contributed by atoms with van der Waals surface area (Å²) in [6.07, 6.45) is -5.10. The van der Waals surface area contributed by atoms with Gasteiger partial charge in [-0.15, -0.1) is 0 Å². The van der Waals surface area contributed by atoms with Gasteiger partial charge >= 0.3 is 12.3 Å². The van der Waals surface area contributed by atoms with Crippen LogP contribution in [0.25, 0.3) is 0 Å². The van der Waals surface area contributed by atoms with Crippen molar-refractivity contribution in [2.75, 3.05) is 18.0 Å². The van der Waals surface area contributed by atoms with Crippen LogP contribution in [0.2, 0.25) is 5.02 Å². The van der Waals surface area contributed by atoms with Crippen molar-refractivity contribution in [2.45, 2.75) is 18.7 Å². The molecule has 20 heavy (non-hydrogen) atoms. The Labute approximate surface area is 118 Å². The average molecular weight is 309 g/mol. The molecule has 0 unspecified atom stereocenters. The van der Waals surface area contributed by atoms with Crippen molar-refractivity contribution in [3.63, 3.8) is 0 Å². The lowest BCUT2D eigenvalue weighted by molar-refractivity contribution is -0.137. The molecule has 1 fully saturated rings. The number of carbonyl (C=O) groups is 1.